The Hall–Kier alpha value is -5.32. The summed E-state index contributed by atoms with van der Waals surface area (Å²) in [6.45, 7) is 0. The van der Waals surface area contributed by atoms with Crippen LogP contribution in [0.5, 0.6) is 0 Å². The summed E-state index contributed by atoms with van der Waals surface area (Å²) in [5.74, 6) is 0. The van der Waals surface area contributed by atoms with Crippen molar-refractivity contribution < 1.29 is 0 Å². The molecule has 7 aromatic carbocycles. The Balaban J connectivity index is 1.35. The highest BCUT2D eigenvalue weighted by atomic mass is 32.1. The van der Waals surface area contributed by atoms with E-state index in [-0.39, 0.29) is 0 Å². The van der Waals surface area contributed by atoms with E-state index in [1.54, 1.807) is 0 Å². The molecule has 0 radical (unpaired) electrons. The molecular formula is C40H21BN2S. The number of hydrogen-bond donors (Lipinski definition) is 1. The molecule has 2 nitrogen and oxygen atoms in total. The maximum Gasteiger partial charge on any atom is 0.198 e. The zero-order valence-electron chi connectivity index (χ0n) is 23.5. The number of aromatic amines is 1. The summed E-state index contributed by atoms with van der Waals surface area (Å²) in [6.07, 6.45) is 0. The lowest BCUT2D eigenvalue weighted by Crippen LogP contribution is -2.34. The second-order valence-corrected chi connectivity index (χ2v) is 13.6. The number of aromatic nitrogens is 2. The van der Waals surface area contributed by atoms with E-state index in [1.165, 1.54) is 113 Å². The lowest BCUT2D eigenvalue weighted by molar-refractivity contribution is 1.38. The molecule has 0 aliphatic carbocycles. The fourth-order valence-electron chi connectivity index (χ4n) is 8.73. The van der Waals surface area contributed by atoms with Crippen LogP contribution in [0.2, 0.25) is 0 Å². The Kier molecular flexibility index (Phi) is 3.75. The van der Waals surface area contributed by atoms with Gasteiger partial charge in [0.05, 0.1) is 11.0 Å². The molecule has 44 heavy (non-hydrogen) atoms. The fraction of sp³-hybridized carbons (Fsp3) is 0. The second-order valence-electron chi connectivity index (χ2n) is 12.5. The topological polar surface area (TPSA) is 20.2 Å². The first kappa shape index (κ1) is 22.3. The van der Waals surface area contributed by atoms with Crippen LogP contribution < -0.4 is 10.9 Å². The number of thiophene rings is 1. The lowest BCUT2D eigenvalue weighted by atomic mass is 9.59. The highest BCUT2D eigenvalue weighted by Crippen LogP contribution is 2.49. The van der Waals surface area contributed by atoms with Gasteiger partial charge in [0.1, 0.15) is 0 Å². The van der Waals surface area contributed by atoms with Crippen molar-refractivity contribution >= 4 is 120 Å². The zero-order chi connectivity index (χ0) is 28.3. The summed E-state index contributed by atoms with van der Waals surface area (Å²) in [5, 5.41) is 13.4. The molecule has 4 heteroatoms. The highest BCUT2D eigenvalue weighted by Gasteiger charge is 2.31. The molecule has 0 amide bonds. The maximum atomic E-state index is 3.92. The van der Waals surface area contributed by atoms with Crippen molar-refractivity contribution in [1.29, 1.82) is 0 Å². The van der Waals surface area contributed by atoms with Gasteiger partial charge in [0.2, 0.25) is 0 Å². The third-order valence-electron chi connectivity index (χ3n) is 10.4. The monoisotopic (exact) mass is 572 g/mol. The van der Waals surface area contributed by atoms with Crippen molar-refractivity contribution in [2.75, 3.05) is 0 Å². The van der Waals surface area contributed by atoms with Gasteiger partial charge in [-0.2, -0.15) is 0 Å². The number of fused-ring (bicyclic) bond motifs is 10. The van der Waals surface area contributed by atoms with E-state index < -0.39 is 0 Å². The normalized spacial score (nSPS) is 13.2. The van der Waals surface area contributed by atoms with Crippen molar-refractivity contribution in [3.8, 4) is 11.1 Å². The predicted molar refractivity (Wildman–Crippen MR) is 193 cm³/mol. The van der Waals surface area contributed by atoms with Crippen molar-refractivity contribution in [1.82, 2.24) is 9.38 Å². The van der Waals surface area contributed by atoms with Gasteiger partial charge in [-0.05, 0) is 40.0 Å². The van der Waals surface area contributed by atoms with Crippen molar-refractivity contribution in [3.05, 3.63) is 115 Å². The van der Waals surface area contributed by atoms with Gasteiger partial charge in [0, 0.05) is 74.6 Å². The smallest absolute Gasteiger partial charge is 0.198 e. The first-order valence-electron chi connectivity index (χ1n) is 15.3. The van der Waals surface area contributed by atoms with Gasteiger partial charge in [-0.3, -0.25) is 0 Å². The molecule has 11 aromatic rings. The summed E-state index contributed by atoms with van der Waals surface area (Å²) in [5.41, 5.74) is 12.1. The van der Waals surface area contributed by atoms with E-state index in [0.29, 0.717) is 0 Å². The highest BCUT2D eigenvalue weighted by molar-refractivity contribution is 7.26. The van der Waals surface area contributed by atoms with Gasteiger partial charge in [0.25, 0.3) is 0 Å². The molecule has 5 heterocycles. The molecule has 1 N–H and O–H groups in total. The molecule has 0 saturated carbocycles. The predicted octanol–water partition coefficient (Wildman–Crippen LogP) is 9.36. The van der Waals surface area contributed by atoms with Crippen molar-refractivity contribution in [2.24, 2.45) is 0 Å². The Bertz CT molecular complexity index is 3080. The van der Waals surface area contributed by atoms with Gasteiger partial charge >= 0.3 is 0 Å². The van der Waals surface area contributed by atoms with E-state index in [4.69, 9.17) is 0 Å². The number of nitrogens with zero attached hydrogens (tertiary/aromatic N) is 1. The number of nitrogens with one attached hydrogen (secondary N) is 1. The molecule has 0 saturated heterocycles. The molecule has 12 rings (SSSR count). The van der Waals surface area contributed by atoms with Crippen LogP contribution in [0, 0.1) is 0 Å². The summed E-state index contributed by atoms with van der Waals surface area (Å²) in [7, 11) is 0.930. The molecule has 1 aliphatic rings. The Labute approximate surface area is 255 Å². The summed E-state index contributed by atoms with van der Waals surface area (Å²) >= 11 is 1.96. The molecule has 4 aromatic heterocycles. The molecule has 0 unspecified atom stereocenters. The van der Waals surface area contributed by atoms with Gasteiger partial charge in [-0.25, -0.2) is 0 Å². The number of hydrogen-bond acceptors (Lipinski definition) is 1. The number of benzene rings is 7. The Morgan fingerprint density at radius 2 is 1.30 bits per heavy atom. The average Bonchev–Trinajstić information content (AvgIpc) is 3.81. The number of para-hydroxylation sites is 3. The van der Waals surface area contributed by atoms with E-state index >= 15 is 0 Å². The first-order valence-corrected chi connectivity index (χ1v) is 16.1. The maximum absolute atomic E-state index is 3.92. The number of rotatable bonds is 1. The van der Waals surface area contributed by atoms with E-state index in [9.17, 15) is 0 Å². The Morgan fingerprint density at radius 3 is 2.23 bits per heavy atom. The van der Waals surface area contributed by atoms with Gasteiger partial charge in [0.15, 0.2) is 7.28 Å². The summed E-state index contributed by atoms with van der Waals surface area (Å²) in [4.78, 5) is 3.92. The second kappa shape index (κ2) is 7.42. The minimum atomic E-state index is 0.930. The molecule has 200 valence electrons. The minimum absolute atomic E-state index is 0.930. The van der Waals surface area contributed by atoms with Crippen molar-refractivity contribution in [3.63, 3.8) is 0 Å². The van der Waals surface area contributed by atoms with E-state index in [0.717, 1.165) is 7.28 Å². The summed E-state index contributed by atoms with van der Waals surface area (Å²) in [6, 6.07) is 43.1. The largest absolute Gasteiger partial charge is 0.354 e. The standard InChI is InChI=1S/C40H21BN2S/c1-2-9-21-19-30-28(18-20(21)8-1)22-11-5-14-26(36(22)42-30)34-35-39-32(33-25-10-3-4-17-31(25)44-40(33)34)27-15-6-12-23-24-13-7-16-29(41-35)38(24)43(39)37(23)27/h1-19,41-42H. The van der Waals surface area contributed by atoms with Crippen LogP contribution in [0.15, 0.2) is 115 Å². The van der Waals surface area contributed by atoms with Crippen LogP contribution in [0.4, 0.5) is 0 Å². The first-order chi connectivity index (χ1) is 21.8. The van der Waals surface area contributed by atoms with Crippen LogP contribution in [-0.4, -0.2) is 16.7 Å². The van der Waals surface area contributed by atoms with Crippen molar-refractivity contribution in [2.45, 2.75) is 0 Å². The third-order valence-corrected chi connectivity index (χ3v) is 11.6. The van der Waals surface area contributed by atoms with E-state index in [1.807, 2.05) is 11.3 Å². The van der Waals surface area contributed by atoms with Crippen LogP contribution >= 0.6 is 11.3 Å². The van der Waals surface area contributed by atoms with Crippen LogP contribution in [0.3, 0.4) is 0 Å². The van der Waals surface area contributed by atoms with Crippen LogP contribution in [-0.2, 0) is 0 Å². The fourth-order valence-corrected chi connectivity index (χ4v) is 10.0. The van der Waals surface area contributed by atoms with E-state index in [2.05, 4.69) is 125 Å². The molecule has 0 spiro atoms. The van der Waals surface area contributed by atoms with Gasteiger partial charge in [-0.1, -0.05) is 103 Å². The molecule has 0 atom stereocenters. The quantitative estimate of drug-likeness (QED) is 0.189. The summed E-state index contributed by atoms with van der Waals surface area (Å²) < 4.78 is 5.37. The Morgan fingerprint density at radius 1 is 0.568 bits per heavy atom. The molecule has 1 aliphatic heterocycles. The minimum Gasteiger partial charge on any atom is -0.354 e. The third kappa shape index (κ3) is 2.43. The lowest BCUT2D eigenvalue weighted by Gasteiger charge is -2.19. The van der Waals surface area contributed by atoms with Gasteiger partial charge < -0.3 is 9.38 Å². The number of H-pyrrole nitrogens is 1. The average molecular weight is 573 g/mol. The van der Waals surface area contributed by atoms with Crippen LogP contribution in [0.25, 0.3) is 102 Å². The zero-order valence-corrected chi connectivity index (χ0v) is 24.3. The molecular weight excluding hydrogens is 551 g/mol. The van der Waals surface area contributed by atoms with Crippen LogP contribution in [0.1, 0.15) is 0 Å². The van der Waals surface area contributed by atoms with Gasteiger partial charge in [-0.15, -0.1) is 11.3 Å². The SMILES string of the molecule is B1c2cccc3c4cccc5c6c7c(sc8ccccc87)c(-c7cccc8c7[nH]c7cc9ccccc9cc78)c1c6n(c23)c45. The molecule has 0 bridgehead atoms. The molecule has 0 fully saturated rings.